The highest BCUT2D eigenvalue weighted by Crippen LogP contribution is 1.87. The van der Waals surface area contributed by atoms with Crippen molar-refractivity contribution in [3.63, 3.8) is 0 Å². The molecule has 2 nitrogen and oxygen atoms in total. The fraction of sp³-hybridized carbons (Fsp3) is 0.750. The van der Waals surface area contributed by atoms with E-state index in [9.17, 15) is 0 Å². The van der Waals surface area contributed by atoms with Gasteiger partial charge in [-0.1, -0.05) is 11.8 Å². The zero-order chi connectivity index (χ0) is 8.53. The Labute approximate surface area is 70.9 Å². The van der Waals surface area contributed by atoms with Crippen molar-refractivity contribution in [1.29, 1.82) is 0 Å². The van der Waals surface area contributed by atoms with Gasteiger partial charge in [-0.3, -0.25) is 0 Å². The summed E-state index contributed by atoms with van der Waals surface area (Å²) < 4.78 is 10.6. The Bertz CT molecular complexity index is 104. The first-order valence-electron chi connectivity index (χ1n) is 3.98. The van der Waals surface area contributed by atoms with Gasteiger partial charge in [-0.2, -0.15) is 0 Å². The highest BCUT2D eigenvalue weighted by Gasteiger charge is 1.98. The Morgan fingerprint density at radius 2 is 2.09 bits per heavy atom. The molecule has 0 aromatic rings. The van der Waals surface area contributed by atoms with E-state index in [0.717, 1.165) is 19.8 Å². The second-order valence-corrected chi connectivity index (χ2v) is 4.00. The van der Waals surface area contributed by atoms with Gasteiger partial charge in [0.05, 0.1) is 13.2 Å². The molecular weight excluding hydrogens is 156 g/mol. The lowest BCUT2D eigenvalue weighted by Crippen LogP contribution is -2.14. The van der Waals surface area contributed by atoms with E-state index in [1.807, 2.05) is 19.9 Å². The van der Waals surface area contributed by atoms with Crippen molar-refractivity contribution in [3.05, 3.63) is 11.8 Å². The molecule has 0 aromatic heterocycles. The molecule has 0 aliphatic carbocycles. The average molecular weight is 173 g/mol. The van der Waals surface area contributed by atoms with E-state index < -0.39 is 9.04 Å². The van der Waals surface area contributed by atoms with Crippen LogP contribution in [-0.4, -0.2) is 28.9 Å². The van der Waals surface area contributed by atoms with E-state index in [1.165, 1.54) is 0 Å². The average Bonchev–Trinajstić information content (AvgIpc) is 1.99. The van der Waals surface area contributed by atoms with Gasteiger partial charge >= 0.3 is 0 Å². The fourth-order valence-electron chi connectivity index (χ4n) is 0.689. The zero-order valence-electron chi connectivity index (χ0n) is 7.59. The van der Waals surface area contributed by atoms with E-state index >= 15 is 0 Å². The molecule has 65 valence electrons. The van der Waals surface area contributed by atoms with Crippen LogP contribution >= 0.6 is 0 Å². The van der Waals surface area contributed by atoms with E-state index in [0.29, 0.717) is 0 Å². The summed E-state index contributed by atoms with van der Waals surface area (Å²) in [7, 11) is -0.682. The highest BCUT2D eigenvalue weighted by molar-refractivity contribution is 6.56. The number of hydrogen-bond acceptors (Lipinski definition) is 2. The number of ether oxygens (including phenoxy) is 1. The minimum atomic E-state index is -0.682. The Balaban J connectivity index is 3.10. The quantitative estimate of drug-likeness (QED) is 0.450. The van der Waals surface area contributed by atoms with E-state index in [4.69, 9.17) is 9.16 Å². The maximum atomic E-state index is 5.47. The van der Waals surface area contributed by atoms with Crippen molar-refractivity contribution in [2.45, 2.75) is 20.4 Å². The molecule has 0 heterocycles. The largest absolute Gasteiger partial charge is 0.410 e. The molecule has 0 bridgehead atoms. The van der Waals surface area contributed by atoms with Gasteiger partial charge in [0.2, 0.25) is 9.04 Å². The van der Waals surface area contributed by atoms with Gasteiger partial charge in [0.1, 0.15) is 0 Å². The number of allylic oxidation sites excluding steroid dienone is 1. The van der Waals surface area contributed by atoms with Crippen LogP contribution in [-0.2, 0) is 9.16 Å². The molecule has 0 aliphatic rings. The third kappa shape index (κ3) is 7.78. The van der Waals surface area contributed by atoms with Crippen LogP contribution in [0.2, 0.25) is 6.55 Å². The van der Waals surface area contributed by atoms with E-state index in [1.54, 1.807) is 0 Å². The lowest BCUT2D eigenvalue weighted by atomic mass is 10.8. The van der Waals surface area contributed by atoms with Crippen LogP contribution in [0.5, 0.6) is 0 Å². The highest BCUT2D eigenvalue weighted by atomic mass is 28.3. The maximum absolute atomic E-state index is 5.47. The molecule has 0 aromatic carbocycles. The molecule has 0 rings (SSSR count). The summed E-state index contributed by atoms with van der Waals surface area (Å²) in [4.78, 5) is 0. The molecule has 0 unspecified atom stereocenters. The second kappa shape index (κ2) is 7.98. The zero-order valence-corrected chi connectivity index (χ0v) is 8.59. The van der Waals surface area contributed by atoms with Gasteiger partial charge in [0, 0.05) is 6.61 Å². The minimum absolute atomic E-state index is 0.682. The topological polar surface area (TPSA) is 18.5 Å². The lowest BCUT2D eigenvalue weighted by Gasteiger charge is -2.05. The normalized spacial score (nSPS) is 11.6. The molecule has 3 heteroatoms. The van der Waals surface area contributed by atoms with Crippen LogP contribution in [0.15, 0.2) is 11.8 Å². The van der Waals surface area contributed by atoms with Gasteiger partial charge in [0.25, 0.3) is 0 Å². The van der Waals surface area contributed by atoms with Crippen LogP contribution in [0.25, 0.3) is 0 Å². The monoisotopic (exact) mass is 173 g/mol. The molecule has 0 fully saturated rings. The molecule has 0 atom stereocenters. The van der Waals surface area contributed by atoms with Crippen LogP contribution in [0.4, 0.5) is 0 Å². The van der Waals surface area contributed by atoms with Gasteiger partial charge in [-0.25, -0.2) is 0 Å². The Kier molecular flexibility index (Phi) is 7.89. The summed E-state index contributed by atoms with van der Waals surface area (Å²) in [5, 5.41) is 0. The summed E-state index contributed by atoms with van der Waals surface area (Å²) in [6.45, 7) is 8.35. The Morgan fingerprint density at radius 1 is 1.36 bits per heavy atom. The second-order valence-electron chi connectivity index (χ2n) is 2.16. The lowest BCUT2D eigenvalue weighted by molar-refractivity contribution is 0.110. The molecule has 11 heavy (non-hydrogen) atoms. The molecule has 0 amide bonds. The summed E-state index contributed by atoms with van der Waals surface area (Å²) in [5.41, 5.74) is 2.12. The molecule has 1 radical (unpaired) electrons. The predicted octanol–water partition coefficient (Wildman–Crippen LogP) is 1.78. The van der Waals surface area contributed by atoms with Crippen LogP contribution < -0.4 is 0 Å². The third-order valence-electron chi connectivity index (χ3n) is 1.16. The molecular formula is C8H17O2Si. The van der Waals surface area contributed by atoms with Crippen molar-refractivity contribution in [1.82, 2.24) is 0 Å². The van der Waals surface area contributed by atoms with Crippen LogP contribution in [0.3, 0.4) is 0 Å². The first-order valence-corrected chi connectivity index (χ1v) is 5.96. The SMILES string of the molecule is C/C=C/[Si](C)OCCOCC. The first kappa shape index (κ1) is 10.9. The van der Waals surface area contributed by atoms with Gasteiger partial charge in [-0.05, 0) is 20.4 Å². The van der Waals surface area contributed by atoms with Crippen molar-refractivity contribution >= 4 is 9.04 Å². The molecule has 0 saturated carbocycles. The fourth-order valence-corrected chi connectivity index (χ4v) is 1.66. The van der Waals surface area contributed by atoms with Gasteiger partial charge in [0.15, 0.2) is 0 Å². The molecule has 0 spiro atoms. The molecule has 0 N–H and O–H groups in total. The van der Waals surface area contributed by atoms with Crippen LogP contribution in [0, 0.1) is 0 Å². The molecule has 0 saturated heterocycles. The number of rotatable bonds is 6. The van der Waals surface area contributed by atoms with Crippen molar-refractivity contribution < 1.29 is 9.16 Å². The van der Waals surface area contributed by atoms with Gasteiger partial charge in [-0.15, -0.1) is 0 Å². The third-order valence-corrected chi connectivity index (χ3v) is 2.63. The van der Waals surface area contributed by atoms with E-state index in [2.05, 4.69) is 12.2 Å². The van der Waals surface area contributed by atoms with Crippen molar-refractivity contribution in [2.75, 3.05) is 19.8 Å². The standard InChI is InChI=1S/C8H17O2Si/c1-4-8-11(3)10-7-6-9-5-2/h4,8H,5-7H2,1-3H3/b8-4+. The predicted molar refractivity (Wildman–Crippen MR) is 48.9 cm³/mol. The van der Waals surface area contributed by atoms with Gasteiger partial charge < -0.3 is 9.16 Å². The summed E-state index contributed by atoms with van der Waals surface area (Å²) >= 11 is 0. The summed E-state index contributed by atoms with van der Waals surface area (Å²) in [5.74, 6) is 0. The number of hydrogen-bond donors (Lipinski definition) is 0. The Hall–Kier alpha value is -0.123. The van der Waals surface area contributed by atoms with E-state index in [-0.39, 0.29) is 0 Å². The van der Waals surface area contributed by atoms with Crippen molar-refractivity contribution in [2.24, 2.45) is 0 Å². The molecule has 0 aliphatic heterocycles. The maximum Gasteiger partial charge on any atom is 0.235 e. The first-order chi connectivity index (χ1) is 5.31. The summed E-state index contributed by atoms with van der Waals surface area (Å²) in [6.07, 6.45) is 2.04. The minimum Gasteiger partial charge on any atom is -0.410 e. The Morgan fingerprint density at radius 3 is 2.64 bits per heavy atom. The van der Waals surface area contributed by atoms with Crippen molar-refractivity contribution in [3.8, 4) is 0 Å². The summed E-state index contributed by atoms with van der Waals surface area (Å²) in [6, 6.07) is 0. The smallest absolute Gasteiger partial charge is 0.235 e. The van der Waals surface area contributed by atoms with Crippen LogP contribution in [0.1, 0.15) is 13.8 Å².